The summed E-state index contributed by atoms with van der Waals surface area (Å²) in [6.45, 7) is 9.77. The number of nitrogens with two attached hydrogens (primary N) is 1. The fraction of sp³-hybridized carbons (Fsp3) is 0.786. The van der Waals surface area contributed by atoms with Crippen molar-refractivity contribution in [3.8, 4) is 0 Å². The van der Waals surface area contributed by atoms with Crippen LogP contribution in [0.1, 0.15) is 41.0 Å². The summed E-state index contributed by atoms with van der Waals surface area (Å²) in [6.07, 6.45) is -0.473. The van der Waals surface area contributed by atoms with Crippen molar-refractivity contribution in [2.75, 3.05) is 0 Å². The van der Waals surface area contributed by atoms with E-state index in [2.05, 4.69) is 38.3 Å². The molecule has 1 saturated heterocycles. The zero-order chi connectivity index (χ0) is 17.3. The third kappa shape index (κ3) is 5.36. The van der Waals surface area contributed by atoms with E-state index in [4.69, 9.17) is 10.8 Å². The number of aliphatic carboxylic acids is 1. The van der Waals surface area contributed by atoms with Gasteiger partial charge in [-0.1, -0.05) is 0 Å². The Labute approximate surface area is 140 Å². The van der Waals surface area contributed by atoms with Crippen molar-refractivity contribution >= 4 is 29.5 Å². The molecule has 1 heterocycles. The second-order valence-corrected chi connectivity index (χ2v) is 8.99. The molecule has 9 heteroatoms. The predicted molar refractivity (Wildman–Crippen MR) is 89.1 cm³/mol. The Morgan fingerprint density at radius 2 is 1.65 bits per heavy atom. The molecular formula is C14H27N3O5S. The van der Waals surface area contributed by atoms with Gasteiger partial charge in [-0.2, -0.15) is 0 Å². The molecule has 7 N–H and O–H groups in total. The molecule has 1 aliphatic rings. The van der Waals surface area contributed by atoms with Crippen LogP contribution in [0, 0.1) is 0 Å². The number of carboxylic acids is 1. The minimum atomic E-state index is -1.17. The Morgan fingerprint density at radius 1 is 1.17 bits per heavy atom. The third-order valence-electron chi connectivity index (χ3n) is 3.69. The molecule has 2 atom stereocenters. The third-order valence-corrected chi connectivity index (χ3v) is 5.21. The van der Waals surface area contributed by atoms with Crippen LogP contribution in [0.4, 0.5) is 0 Å². The highest BCUT2D eigenvalue weighted by Crippen LogP contribution is 2.54. The van der Waals surface area contributed by atoms with Crippen LogP contribution >= 0.6 is 11.8 Å². The molecule has 8 nitrogen and oxygen atoms in total. The summed E-state index contributed by atoms with van der Waals surface area (Å²) in [5.41, 5.74) is 5.46. The number of hydrogen-bond acceptors (Lipinski definition) is 5. The first-order valence-electron chi connectivity index (χ1n) is 7.15. The van der Waals surface area contributed by atoms with Crippen LogP contribution in [0.3, 0.4) is 0 Å². The Bertz CT molecular complexity index is 467. The number of thioether (sulfide) groups is 1. The van der Waals surface area contributed by atoms with E-state index in [0.29, 0.717) is 0 Å². The molecule has 1 rings (SSSR count). The molecule has 1 fully saturated rings. The van der Waals surface area contributed by atoms with E-state index in [1.54, 1.807) is 18.7 Å². The maximum absolute atomic E-state index is 12.2. The van der Waals surface area contributed by atoms with Gasteiger partial charge in [0.25, 0.3) is 0 Å². The molecule has 0 aliphatic carbocycles. The molecule has 23 heavy (non-hydrogen) atoms. The number of carboxylic acid groups (broad SMARTS) is 1. The molecule has 0 aromatic rings. The van der Waals surface area contributed by atoms with Crippen LogP contribution in [-0.4, -0.2) is 56.0 Å². The van der Waals surface area contributed by atoms with E-state index in [0.717, 1.165) is 0 Å². The molecule has 1 aliphatic heterocycles. The van der Waals surface area contributed by atoms with E-state index < -0.39 is 30.4 Å². The molecule has 0 radical (unpaired) electrons. The number of hydrogen-bond donors (Lipinski definition) is 4. The summed E-state index contributed by atoms with van der Waals surface area (Å²) in [7, 11) is 0. The standard InChI is InChI=1S/C14H25N3O4S.H2O/c1-7(16-11(21)8(15)6-9(18)19)10(20)17-12-13(2,3)22-14(12,4)5;/h7-8,12H,6,15H2,1-5H3,(H,16,21)(H,17,20)(H,18,19);1H2/t7-,8+;/m1./s1. The maximum atomic E-state index is 12.2. The summed E-state index contributed by atoms with van der Waals surface area (Å²) in [6, 6.07) is -1.95. The van der Waals surface area contributed by atoms with E-state index in [1.807, 2.05) is 0 Å². The van der Waals surface area contributed by atoms with E-state index in [1.165, 1.54) is 0 Å². The Balaban J connectivity index is 0.00000484. The molecule has 2 amide bonds. The van der Waals surface area contributed by atoms with Gasteiger partial charge in [0.15, 0.2) is 0 Å². The van der Waals surface area contributed by atoms with Gasteiger partial charge in [-0.3, -0.25) is 14.4 Å². The zero-order valence-corrected chi connectivity index (χ0v) is 14.9. The summed E-state index contributed by atoms with van der Waals surface area (Å²) in [5.74, 6) is -2.11. The summed E-state index contributed by atoms with van der Waals surface area (Å²) in [5, 5.41) is 14.0. The van der Waals surface area contributed by atoms with Gasteiger partial charge in [0.1, 0.15) is 6.04 Å². The fourth-order valence-electron chi connectivity index (χ4n) is 2.86. The molecule has 0 bridgehead atoms. The Morgan fingerprint density at radius 3 is 2.04 bits per heavy atom. The smallest absolute Gasteiger partial charge is 0.305 e. The monoisotopic (exact) mass is 349 g/mol. The average Bonchev–Trinajstić information content (AvgIpc) is 2.32. The largest absolute Gasteiger partial charge is 0.481 e. The number of amides is 2. The van der Waals surface area contributed by atoms with Crippen LogP contribution in [0.25, 0.3) is 0 Å². The lowest BCUT2D eigenvalue weighted by atomic mass is 9.89. The normalized spacial score (nSPS) is 21.1. The van der Waals surface area contributed by atoms with Gasteiger partial charge in [-0.05, 0) is 34.6 Å². The number of carbonyl (C=O) groups excluding carboxylic acids is 2. The molecule has 0 saturated carbocycles. The van der Waals surface area contributed by atoms with Gasteiger partial charge in [-0.15, -0.1) is 11.8 Å². The highest BCUT2D eigenvalue weighted by molar-refractivity contribution is 8.03. The molecule has 0 aromatic carbocycles. The van der Waals surface area contributed by atoms with Crippen LogP contribution in [0.2, 0.25) is 0 Å². The van der Waals surface area contributed by atoms with Gasteiger partial charge in [0.05, 0.1) is 18.5 Å². The quantitative estimate of drug-likeness (QED) is 0.495. The topological polar surface area (TPSA) is 153 Å². The van der Waals surface area contributed by atoms with Gasteiger partial charge in [0, 0.05) is 9.49 Å². The second kappa shape index (κ2) is 7.50. The minimum absolute atomic E-state index is 0. The Kier molecular flexibility index (Phi) is 7.07. The number of nitrogens with one attached hydrogen (secondary N) is 2. The lowest BCUT2D eigenvalue weighted by molar-refractivity contribution is -0.139. The zero-order valence-electron chi connectivity index (χ0n) is 14.1. The highest BCUT2D eigenvalue weighted by Gasteiger charge is 2.54. The molecule has 0 aromatic heterocycles. The summed E-state index contributed by atoms with van der Waals surface area (Å²) in [4.78, 5) is 34.5. The lowest BCUT2D eigenvalue weighted by Gasteiger charge is -2.57. The maximum Gasteiger partial charge on any atom is 0.305 e. The lowest BCUT2D eigenvalue weighted by Crippen LogP contribution is -2.68. The Hall–Kier alpha value is -1.32. The molecule has 134 valence electrons. The first-order valence-corrected chi connectivity index (χ1v) is 7.97. The number of rotatable bonds is 6. The van der Waals surface area contributed by atoms with Crippen LogP contribution < -0.4 is 16.4 Å². The van der Waals surface area contributed by atoms with E-state index >= 15 is 0 Å². The van der Waals surface area contributed by atoms with E-state index in [-0.39, 0.29) is 26.9 Å². The van der Waals surface area contributed by atoms with Crippen molar-refractivity contribution in [3.05, 3.63) is 0 Å². The molecule has 0 unspecified atom stereocenters. The van der Waals surface area contributed by atoms with Crippen molar-refractivity contribution in [3.63, 3.8) is 0 Å². The van der Waals surface area contributed by atoms with Crippen LogP contribution in [0.15, 0.2) is 0 Å². The molecule has 0 spiro atoms. The van der Waals surface area contributed by atoms with Gasteiger partial charge in [-0.25, -0.2) is 0 Å². The minimum Gasteiger partial charge on any atom is -0.481 e. The van der Waals surface area contributed by atoms with Crippen LogP contribution in [0.5, 0.6) is 0 Å². The van der Waals surface area contributed by atoms with Crippen molar-refractivity contribution in [2.24, 2.45) is 5.73 Å². The van der Waals surface area contributed by atoms with Crippen molar-refractivity contribution in [2.45, 2.75) is 68.7 Å². The summed E-state index contributed by atoms with van der Waals surface area (Å²) >= 11 is 1.79. The van der Waals surface area contributed by atoms with E-state index in [9.17, 15) is 14.4 Å². The SMILES string of the molecule is C[C@@H](NC(=O)[C@@H](N)CC(=O)O)C(=O)NC1C(C)(C)SC1(C)C.O. The van der Waals surface area contributed by atoms with Crippen molar-refractivity contribution in [1.82, 2.24) is 10.6 Å². The first kappa shape index (κ1) is 21.7. The second-order valence-electron chi connectivity index (χ2n) is 6.69. The molecular weight excluding hydrogens is 322 g/mol. The van der Waals surface area contributed by atoms with Crippen LogP contribution in [-0.2, 0) is 14.4 Å². The fourth-order valence-corrected chi connectivity index (χ4v) is 4.97. The van der Waals surface area contributed by atoms with Gasteiger partial charge >= 0.3 is 5.97 Å². The predicted octanol–water partition coefficient (Wildman–Crippen LogP) is -0.743. The number of carbonyl (C=O) groups is 3. The summed E-state index contributed by atoms with van der Waals surface area (Å²) < 4.78 is -0.134. The van der Waals surface area contributed by atoms with Gasteiger partial charge in [0.2, 0.25) is 11.8 Å². The van der Waals surface area contributed by atoms with Crippen molar-refractivity contribution < 1.29 is 25.0 Å². The van der Waals surface area contributed by atoms with Crippen molar-refractivity contribution in [1.29, 1.82) is 0 Å². The first-order chi connectivity index (χ1) is 9.86. The van der Waals surface area contributed by atoms with Gasteiger partial charge < -0.3 is 26.9 Å². The highest BCUT2D eigenvalue weighted by atomic mass is 32.2. The average molecular weight is 349 g/mol.